The van der Waals surface area contributed by atoms with E-state index in [1.807, 2.05) is 37.2 Å². The molecule has 37 heavy (non-hydrogen) atoms. The third-order valence-electron chi connectivity index (χ3n) is 6.32. The molecule has 4 N–H and O–H groups in total. The Bertz CT molecular complexity index is 1550. The molecule has 0 spiro atoms. The fourth-order valence-corrected chi connectivity index (χ4v) is 4.39. The predicted molar refractivity (Wildman–Crippen MR) is 138 cm³/mol. The molecule has 0 radical (unpaired) electrons. The van der Waals surface area contributed by atoms with Crippen molar-refractivity contribution in [2.75, 3.05) is 49.8 Å². The number of nitrogen functional groups attached to an aromatic ring is 1. The Morgan fingerprint density at radius 2 is 1.86 bits per heavy atom. The van der Waals surface area contributed by atoms with Gasteiger partial charge in [-0.3, -0.25) is 14.4 Å². The lowest BCUT2D eigenvalue weighted by Gasteiger charge is -2.22. The number of fused-ring (bicyclic) bond motifs is 2. The van der Waals surface area contributed by atoms with Crippen molar-refractivity contribution in [3.05, 3.63) is 59.4 Å². The number of primary amides is 1. The molecule has 0 bridgehead atoms. The van der Waals surface area contributed by atoms with Crippen LogP contribution >= 0.6 is 0 Å². The molecule has 0 atom stereocenters. The van der Waals surface area contributed by atoms with Crippen LogP contribution in [0.5, 0.6) is 0 Å². The van der Waals surface area contributed by atoms with Crippen LogP contribution in [0.4, 0.5) is 17.2 Å². The monoisotopic (exact) mass is 502 g/mol. The van der Waals surface area contributed by atoms with Gasteiger partial charge in [-0.15, -0.1) is 0 Å². The summed E-state index contributed by atoms with van der Waals surface area (Å²) in [4.78, 5) is 43.2. The van der Waals surface area contributed by atoms with E-state index in [9.17, 15) is 14.4 Å². The largest absolute Gasteiger partial charge is 0.380 e. The summed E-state index contributed by atoms with van der Waals surface area (Å²) in [6.45, 7) is 0.721. The van der Waals surface area contributed by atoms with Crippen LogP contribution in [0.15, 0.2) is 47.0 Å². The number of hydrogen-bond donors (Lipinski definition) is 2. The standard InChI is InChI=1S/C25H26N8O4/c1-30(2)13-22(34)31(3)15-4-6-19-14(10-15)8-9-32(19)25(36)20-12-18(24(27)35)28-33(20)16-5-7-21-17(11-16)23(26)29-37-21/h4-7,10-12H,8-9,13H2,1-3H3,(H2,26,29)(H2,27,35). The van der Waals surface area contributed by atoms with E-state index < -0.39 is 5.91 Å². The SMILES string of the molecule is CN(C)CC(=O)N(C)c1ccc2c(c1)CCN2C(=O)c1cc(C(N)=O)nn1-c1ccc2onc(N)c2c1. The number of nitrogens with two attached hydrogens (primary N) is 2. The van der Waals surface area contributed by atoms with Crippen molar-refractivity contribution in [1.82, 2.24) is 19.8 Å². The highest BCUT2D eigenvalue weighted by molar-refractivity contribution is 6.08. The number of likely N-dealkylation sites (N-methyl/N-ethyl adjacent to an activating group) is 2. The zero-order valence-corrected chi connectivity index (χ0v) is 20.6. The van der Waals surface area contributed by atoms with Gasteiger partial charge in [-0.05, 0) is 62.5 Å². The van der Waals surface area contributed by atoms with Gasteiger partial charge in [-0.2, -0.15) is 5.10 Å². The summed E-state index contributed by atoms with van der Waals surface area (Å²) in [6.07, 6.45) is 0.616. The number of amides is 3. The molecule has 5 rings (SSSR count). The molecule has 3 heterocycles. The molecule has 1 aliphatic rings. The van der Waals surface area contributed by atoms with Gasteiger partial charge >= 0.3 is 0 Å². The maximum atomic E-state index is 13.8. The van der Waals surface area contributed by atoms with E-state index in [-0.39, 0.29) is 35.6 Å². The van der Waals surface area contributed by atoms with Gasteiger partial charge in [0, 0.05) is 31.0 Å². The summed E-state index contributed by atoms with van der Waals surface area (Å²) in [5.74, 6) is -0.938. The molecule has 1 aliphatic heterocycles. The van der Waals surface area contributed by atoms with Crippen molar-refractivity contribution in [2.45, 2.75) is 6.42 Å². The van der Waals surface area contributed by atoms with Crippen LogP contribution in [-0.4, -0.2) is 71.8 Å². The molecule has 3 amide bonds. The summed E-state index contributed by atoms with van der Waals surface area (Å²) in [5, 5.41) is 8.59. The highest BCUT2D eigenvalue weighted by Gasteiger charge is 2.30. The van der Waals surface area contributed by atoms with Gasteiger partial charge in [0.2, 0.25) is 5.91 Å². The van der Waals surface area contributed by atoms with Crippen LogP contribution in [-0.2, 0) is 11.2 Å². The first-order valence-corrected chi connectivity index (χ1v) is 11.5. The number of benzene rings is 2. The number of aromatic nitrogens is 3. The van der Waals surface area contributed by atoms with E-state index in [0.717, 1.165) is 16.9 Å². The molecular weight excluding hydrogens is 476 g/mol. The van der Waals surface area contributed by atoms with E-state index in [1.165, 1.54) is 10.7 Å². The topological polar surface area (TPSA) is 157 Å². The smallest absolute Gasteiger partial charge is 0.277 e. The fraction of sp³-hybridized carbons (Fsp3) is 0.240. The van der Waals surface area contributed by atoms with Crippen molar-refractivity contribution in [3.8, 4) is 5.69 Å². The summed E-state index contributed by atoms with van der Waals surface area (Å²) in [7, 11) is 5.41. The van der Waals surface area contributed by atoms with Gasteiger partial charge in [0.05, 0.1) is 17.6 Å². The molecule has 4 aromatic rings. The molecule has 0 unspecified atom stereocenters. The Labute approximate surface area is 212 Å². The fourth-order valence-electron chi connectivity index (χ4n) is 4.39. The minimum absolute atomic E-state index is 0.0378. The van der Waals surface area contributed by atoms with E-state index in [2.05, 4.69) is 10.3 Å². The summed E-state index contributed by atoms with van der Waals surface area (Å²) >= 11 is 0. The highest BCUT2D eigenvalue weighted by Crippen LogP contribution is 2.33. The summed E-state index contributed by atoms with van der Waals surface area (Å²) < 4.78 is 6.53. The first-order valence-electron chi connectivity index (χ1n) is 11.5. The van der Waals surface area contributed by atoms with Gasteiger partial charge < -0.3 is 30.7 Å². The van der Waals surface area contributed by atoms with E-state index in [0.29, 0.717) is 29.6 Å². The zero-order valence-electron chi connectivity index (χ0n) is 20.6. The number of hydrogen-bond acceptors (Lipinski definition) is 8. The second kappa shape index (κ2) is 9.06. The Balaban J connectivity index is 1.49. The molecule has 0 saturated carbocycles. The van der Waals surface area contributed by atoms with Crippen LogP contribution in [0.3, 0.4) is 0 Å². The van der Waals surface area contributed by atoms with Crippen molar-refractivity contribution in [2.24, 2.45) is 5.73 Å². The quantitative estimate of drug-likeness (QED) is 0.401. The van der Waals surface area contributed by atoms with Crippen LogP contribution in [0.25, 0.3) is 16.7 Å². The van der Waals surface area contributed by atoms with Crippen LogP contribution in [0.1, 0.15) is 26.5 Å². The van der Waals surface area contributed by atoms with Gasteiger partial charge in [0.15, 0.2) is 17.1 Å². The number of nitrogens with zero attached hydrogens (tertiary/aromatic N) is 6. The maximum Gasteiger partial charge on any atom is 0.277 e. The van der Waals surface area contributed by atoms with E-state index in [1.54, 1.807) is 35.0 Å². The lowest BCUT2D eigenvalue weighted by molar-refractivity contribution is -0.118. The van der Waals surface area contributed by atoms with Crippen LogP contribution < -0.4 is 21.3 Å². The Morgan fingerprint density at radius 1 is 1.08 bits per heavy atom. The van der Waals surface area contributed by atoms with Crippen molar-refractivity contribution >= 4 is 45.9 Å². The highest BCUT2D eigenvalue weighted by atomic mass is 16.5. The van der Waals surface area contributed by atoms with Crippen molar-refractivity contribution in [3.63, 3.8) is 0 Å². The maximum absolute atomic E-state index is 13.8. The second-order valence-corrected chi connectivity index (χ2v) is 9.15. The van der Waals surface area contributed by atoms with Gasteiger partial charge in [0.1, 0.15) is 5.69 Å². The van der Waals surface area contributed by atoms with Gasteiger partial charge in [-0.25, -0.2) is 4.68 Å². The van der Waals surface area contributed by atoms with E-state index >= 15 is 0 Å². The minimum Gasteiger partial charge on any atom is -0.380 e. The Hall–Kier alpha value is -4.71. The summed E-state index contributed by atoms with van der Waals surface area (Å²) in [5.41, 5.74) is 14.9. The molecule has 0 fully saturated rings. The first kappa shape index (κ1) is 24.0. The predicted octanol–water partition coefficient (Wildman–Crippen LogP) is 1.42. The number of anilines is 3. The van der Waals surface area contributed by atoms with Crippen LogP contribution in [0.2, 0.25) is 0 Å². The van der Waals surface area contributed by atoms with E-state index in [4.69, 9.17) is 16.0 Å². The van der Waals surface area contributed by atoms with Gasteiger partial charge in [0.25, 0.3) is 11.8 Å². The Morgan fingerprint density at radius 3 is 2.59 bits per heavy atom. The normalized spacial score (nSPS) is 12.8. The lowest BCUT2D eigenvalue weighted by atomic mass is 10.1. The van der Waals surface area contributed by atoms with Crippen LogP contribution in [0, 0.1) is 0 Å². The number of carbonyl (C=O) groups is 3. The first-order chi connectivity index (χ1) is 17.6. The van der Waals surface area contributed by atoms with Crippen molar-refractivity contribution in [1.29, 1.82) is 0 Å². The molecule has 0 saturated heterocycles. The molecule has 12 heteroatoms. The molecule has 2 aromatic carbocycles. The third kappa shape index (κ3) is 4.27. The molecular formula is C25H26N8O4. The minimum atomic E-state index is -0.754. The Kier molecular flexibility index (Phi) is 5.88. The molecule has 2 aromatic heterocycles. The number of rotatable bonds is 6. The summed E-state index contributed by atoms with van der Waals surface area (Å²) in [6, 6.07) is 12.0. The molecule has 190 valence electrons. The van der Waals surface area contributed by atoms with Crippen molar-refractivity contribution < 1.29 is 18.9 Å². The molecule has 0 aliphatic carbocycles. The number of carbonyl (C=O) groups excluding carboxylic acids is 3. The lowest BCUT2D eigenvalue weighted by Crippen LogP contribution is -2.35. The third-order valence-corrected chi connectivity index (χ3v) is 6.32. The second-order valence-electron chi connectivity index (χ2n) is 9.15. The molecule has 12 nitrogen and oxygen atoms in total. The average molecular weight is 503 g/mol. The van der Waals surface area contributed by atoms with Gasteiger partial charge in [-0.1, -0.05) is 5.16 Å². The zero-order chi connectivity index (χ0) is 26.4. The average Bonchev–Trinajstić information content (AvgIpc) is 3.59.